The smallest absolute Gasteiger partial charge is 0.269 e. The minimum Gasteiger partial charge on any atom is -0.484 e. The number of hydrogen-bond acceptors (Lipinski definition) is 6. The first-order chi connectivity index (χ1) is 11.6. The molecule has 0 aliphatic rings. The molecule has 0 aliphatic heterocycles. The summed E-state index contributed by atoms with van der Waals surface area (Å²) in [7, 11) is 0. The maximum Gasteiger partial charge on any atom is 0.269 e. The summed E-state index contributed by atoms with van der Waals surface area (Å²) in [6.07, 6.45) is 0. The van der Waals surface area contributed by atoms with Gasteiger partial charge in [0.05, 0.1) is 21.7 Å². The van der Waals surface area contributed by atoms with Gasteiger partial charge in [0.25, 0.3) is 11.6 Å². The van der Waals surface area contributed by atoms with Crippen LogP contribution in [0.4, 0.5) is 5.69 Å². The predicted molar refractivity (Wildman–Crippen MR) is 90.1 cm³/mol. The normalized spacial score (nSPS) is 10.5. The topological polar surface area (TPSA) is 94.4 Å². The molecule has 24 heavy (non-hydrogen) atoms. The van der Waals surface area contributed by atoms with Gasteiger partial charge in [0.2, 0.25) is 0 Å². The van der Waals surface area contributed by atoms with Crippen molar-refractivity contribution < 1.29 is 14.5 Å². The number of ether oxygens (including phenoxy) is 1. The van der Waals surface area contributed by atoms with Crippen LogP contribution in [0.5, 0.6) is 5.75 Å². The van der Waals surface area contributed by atoms with E-state index in [0.29, 0.717) is 12.3 Å². The number of aromatic nitrogens is 1. The molecule has 0 unspecified atom stereocenters. The molecular formula is C16H13N3O4S. The Hall–Kier alpha value is -3.00. The summed E-state index contributed by atoms with van der Waals surface area (Å²) in [5, 5.41) is 14.1. The van der Waals surface area contributed by atoms with Crippen molar-refractivity contribution in [1.82, 2.24) is 10.3 Å². The number of nitro groups is 1. The molecule has 3 aromatic rings. The third kappa shape index (κ3) is 3.85. The highest BCUT2D eigenvalue weighted by Crippen LogP contribution is 2.21. The van der Waals surface area contributed by atoms with Gasteiger partial charge in [0, 0.05) is 12.1 Å². The molecule has 0 radical (unpaired) electrons. The highest BCUT2D eigenvalue weighted by molar-refractivity contribution is 7.18. The van der Waals surface area contributed by atoms with Gasteiger partial charge in [-0.05, 0) is 24.3 Å². The summed E-state index contributed by atoms with van der Waals surface area (Å²) in [6.45, 7) is 0.171. The monoisotopic (exact) mass is 343 g/mol. The van der Waals surface area contributed by atoms with Crippen molar-refractivity contribution in [3.05, 3.63) is 63.7 Å². The van der Waals surface area contributed by atoms with Gasteiger partial charge in [-0.1, -0.05) is 12.1 Å². The summed E-state index contributed by atoms with van der Waals surface area (Å²) in [5.41, 5.74) is 0.886. The van der Waals surface area contributed by atoms with Crippen molar-refractivity contribution in [2.45, 2.75) is 6.54 Å². The predicted octanol–water partition coefficient (Wildman–Crippen LogP) is 2.90. The van der Waals surface area contributed by atoms with Gasteiger partial charge in [-0.2, -0.15) is 0 Å². The average molecular weight is 343 g/mol. The number of amides is 1. The second-order valence-corrected chi connectivity index (χ2v) is 6.01. The summed E-state index contributed by atoms with van der Waals surface area (Å²) in [4.78, 5) is 26.3. The molecule has 122 valence electrons. The van der Waals surface area contributed by atoms with Crippen molar-refractivity contribution in [1.29, 1.82) is 0 Å². The fraction of sp³-hybridized carbons (Fsp3) is 0.125. The molecule has 0 fully saturated rings. The summed E-state index contributed by atoms with van der Waals surface area (Å²) in [6, 6.07) is 13.3. The molecule has 1 amide bonds. The summed E-state index contributed by atoms with van der Waals surface area (Å²) in [5.74, 6) is 0.114. The second kappa shape index (κ2) is 7.05. The SMILES string of the molecule is O=C(COc1ccc([N+](=O)[O-])cc1)NCc1nc2ccccc2s1. The Morgan fingerprint density at radius 3 is 2.67 bits per heavy atom. The first kappa shape index (κ1) is 15.9. The van der Waals surface area contributed by atoms with Gasteiger partial charge in [-0.3, -0.25) is 14.9 Å². The van der Waals surface area contributed by atoms with Crippen LogP contribution < -0.4 is 10.1 Å². The van der Waals surface area contributed by atoms with Gasteiger partial charge >= 0.3 is 0 Å². The highest BCUT2D eigenvalue weighted by atomic mass is 32.1. The summed E-state index contributed by atoms with van der Waals surface area (Å²) >= 11 is 1.53. The Bertz CT molecular complexity index is 843. The third-order valence-electron chi connectivity index (χ3n) is 3.19. The van der Waals surface area contributed by atoms with Gasteiger partial charge in [0.15, 0.2) is 6.61 Å². The molecule has 0 bridgehead atoms. The number of non-ortho nitro benzene ring substituents is 1. The molecule has 0 aliphatic carbocycles. The van der Waals surface area contributed by atoms with Gasteiger partial charge < -0.3 is 10.1 Å². The Morgan fingerprint density at radius 2 is 1.96 bits per heavy atom. The van der Waals surface area contributed by atoms with Crippen LogP contribution in [0.3, 0.4) is 0 Å². The van der Waals surface area contributed by atoms with E-state index in [1.165, 1.54) is 35.6 Å². The quantitative estimate of drug-likeness (QED) is 0.548. The van der Waals surface area contributed by atoms with Crippen LogP contribution in [0, 0.1) is 10.1 Å². The number of benzene rings is 2. The van der Waals surface area contributed by atoms with Crippen LogP contribution in [-0.4, -0.2) is 22.4 Å². The standard InChI is InChI=1S/C16H13N3O4S/c20-15(10-23-12-7-5-11(6-8-12)19(21)22)17-9-16-18-13-3-1-2-4-14(13)24-16/h1-8H,9-10H2,(H,17,20). The number of nitro benzene ring substituents is 1. The zero-order valence-corrected chi connectivity index (χ0v) is 13.3. The van der Waals surface area contributed by atoms with E-state index in [1.807, 2.05) is 24.3 Å². The molecule has 0 saturated heterocycles. The third-order valence-corrected chi connectivity index (χ3v) is 4.23. The number of para-hydroxylation sites is 1. The fourth-order valence-electron chi connectivity index (χ4n) is 2.03. The van der Waals surface area contributed by atoms with Crippen molar-refractivity contribution in [2.24, 2.45) is 0 Å². The number of rotatable bonds is 6. The highest BCUT2D eigenvalue weighted by Gasteiger charge is 2.08. The van der Waals surface area contributed by atoms with Crippen molar-refractivity contribution in [3.8, 4) is 5.75 Å². The van der Waals surface area contributed by atoms with E-state index in [-0.39, 0.29) is 18.2 Å². The lowest BCUT2D eigenvalue weighted by atomic mass is 10.3. The largest absolute Gasteiger partial charge is 0.484 e. The first-order valence-electron chi connectivity index (χ1n) is 7.10. The van der Waals surface area contributed by atoms with E-state index < -0.39 is 4.92 Å². The van der Waals surface area contributed by atoms with Crippen LogP contribution in [0.25, 0.3) is 10.2 Å². The molecule has 2 aromatic carbocycles. The van der Waals surface area contributed by atoms with Gasteiger partial charge in [0.1, 0.15) is 10.8 Å². The van der Waals surface area contributed by atoms with Gasteiger partial charge in [-0.25, -0.2) is 4.98 Å². The zero-order valence-electron chi connectivity index (χ0n) is 12.5. The molecule has 0 atom stereocenters. The van der Waals surface area contributed by atoms with Crippen LogP contribution in [0.15, 0.2) is 48.5 Å². The van der Waals surface area contributed by atoms with Gasteiger partial charge in [-0.15, -0.1) is 11.3 Å². The molecule has 7 nitrogen and oxygen atoms in total. The van der Waals surface area contributed by atoms with Crippen molar-refractivity contribution in [3.63, 3.8) is 0 Å². The molecule has 1 N–H and O–H groups in total. The molecule has 0 saturated carbocycles. The Labute approximate surface area is 141 Å². The van der Waals surface area contributed by atoms with E-state index in [1.54, 1.807) is 0 Å². The molecule has 8 heteroatoms. The van der Waals surface area contributed by atoms with Crippen LogP contribution in [0.1, 0.15) is 5.01 Å². The van der Waals surface area contributed by atoms with E-state index in [4.69, 9.17) is 4.74 Å². The number of carbonyl (C=O) groups is 1. The minimum absolute atomic E-state index is 0.0253. The molecule has 0 spiro atoms. The summed E-state index contributed by atoms with van der Waals surface area (Å²) < 4.78 is 6.37. The maximum absolute atomic E-state index is 11.8. The van der Waals surface area contributed by atoms with E-state index >= 15 is 0 Å². The average Bonchev–Trinajstić information content (AvgIpc) is 3.01. The van der Waals surface area contributed by atoms with E-state index in [2.05, 4.69) is 10.3 Å². The lowest BCUT2D eigenvalue weighted by Crippen LogP contribution is -2.28. The maximum atomic E-state index is 11.8. The second-order valence-electron chi connectivity index (χ2n) is 4.89. The zero-order chi connectivity index (χ0) is 16.9. The van der Waals surface area contributed by atoms with Crippen LogP contribution in [0.2, 0.25) is 0 Å². The molecule has 1 heterocycles. The molecule has 3 rings (SSSR count). The Morgan fingerprint density at radius 1 is 1.21 bits per heavy atom. The first-order valence-corrected chi connectivity index (χ1v) is 7.92. The van der Waals surface area contributed by atoms with Crippen molar-refractivity contribution >= 4 is 33.1 Å². The van der Waals surface area contributed by atoms with Crippen molar-refractivity contribution in [2.75, 3.05) is 6.61 Å². The van der Waals surface area contributed by atoms with Crippen LogP contribution in [-0.2, 0) is 11.3 Å². The Kier molecular flexibility index (Phi) is 4.66. The van der Waals surface area contributed by atoms with Crippen LogP contribution >= 0.6 is 11.3 Å². The number of nitrogens with zero attached hydrogens (tertiary/aromatic N) is 2. The number of hydrogen-bond donors (Lipinski definition) is 1. The molecular weight excluding hydrogens is 330 g/mol. The fourth-order valence-corrected chi connectivity index (χ4v) is 2.94. The van der Waals surface area contributed by atoms with E-state index in [0.717, 1.165) is 15.2 Å². The minimum atomic E-state index is -0.492. The van der Waals surface area contributed by atoms with E-state index in [9.17, 15) is 14.9 Å². The number of thiazole rings is 1. The molecule has 1 aromatic heterocycles. The number of carbonyl (C=O) groups excluding carboxylic acids is 1. The lowest BCUT2D eigenvalue weighted by molar-refractivity contribution is -0.384. The Balaban J connectivity index is 1.49. The number of nitrogens with one attached hydrogen (secondary N) is 1. The lowest BCUT2D eigenvalue weighted by Gasteiger charge is -2.06. The number of fused-ring (bicyclic) bond motifs is 1.